The standard InChI is InChI=1S/C8H14N2OS/c1-7-6-12-8(10-7)5-9-3-4-11-2/h6,9H,3-5H2,1-2H3. The van der Waals surface area contributed by atoms with Crippen LogP contribution in [0.15, 0.2) is 5.38 Å². The van der Waals surface area contributed by atoms with Crippen molar-refractivity contribution < 1.29 is 4.74 Å². The molecule has 0 atom stereocenters. The Morgan fingerprint density at radius 2 is 2.50 bits per heavy atom. The maximum Gasteiger partial charge on any atom is 0.107 e. The smallest absolute Gasteiger partial charge is 0.107 e. The number of ether oxygens (including phenoxy) is 1. The summed E-state index contributed by atoms with van der Waals surface area (Å²) < 4.78 is 4.91. The predicted molar refractivity (Wildman–Crippen MR) is 50.4 cm³/mol. The first-order valence-corrected chi connectivity index (χ1v) is 4.81. The van der Waals surface area contributed by atoms with Crippen molar-refractivity contribution in [3.05, 3.63) is 16.1 Å². The maximum atomic E-state index is 4.91. The largest absolute Gasteiger partial charge is 0.383 e. The minimum absolute atomic E-state index is 0.754. The number of nitrogens with zero attached hydrogens (tertiary/aromatic N) is 1. The van der Waals surface area contributed by atoms with Gasteiger partial charge in [0.2, 0.25) is 0 Å². The minimum atomic E-state index is 0.754. The van der Waals surface area contributed by atoms with Crippen LogP contribution in [0.25, 0.3) is 0 Å². The Hall–Kier alpha value is -0.450. The molecule has 0 aliphatic rings. The number of aryl methyl sites for hydroxylation is 1. The van der Waals surface area contributed by atoms with Crippen LogP contribution < -0.4 is 5.32 Å². The molecule has 1 heterocycles. The highest BCUT2D eigenvalue weighted by molar-refractivity contribution is 7.09. The summed E-state index contributed by atoms with van der Waals surface area (Å²) >= 11 is 1.69. The number of rotatable bonds is 5. The molecule has 0 spiro atoms. The van der Waals surface area contributed by atoms with E-state index in [-0.39, 0.29) is 0 Å². The van der Waals surface area contributed by atoms with Gasteiger partial charge in [-0.1, -0.05) is 0 Å². The van der Waals surface area contributed by atoms with Gasteiger partial charge in [-0.25, -0.2) is 4.98 Å². The number of hydrogen-bond acceptors (Lipinski definition) is 4. The molecule has 0 saturated heterocycles. The topological polar surface area (TPSA) is 34.1 Å². The lowest BCUT2D eigenvalue weighted by atomic mass is 10.5. The molecule has 68 valence electrons. The molecule has 1 aromatic rings. The lowest BCUT2D eigenvalue weighted by Crippen LogP contribution is -2.18. The van der Waals surface area contributed by atoms with Gasteiger partial charge in [0.25, 0.3) is 0 Å². The molecule has 1 N–H and O–H groups in total. The highest BCUT2D eigenvalue weighted by Gasteiger charge is 1.96. The third-order valence-electron chi connectivity index (χ3n) is 1.43. The van der Waals surface area contributed by atoms with Crippen LogP contribution in [-0.4, -0.2) is 25.2 Å². The van der Waals surface area contributed by atoms with Crippen LogP contribution in [0.3, 0.4) is 0 Å². The molecule has 1 rings (SSSR count). The molecule has 0 aromatic carbocycles. The fourth-order valence-corrected chi connectivity index (χ4v) is 1.59. The van der Waals surface area contributed by atoms with Gasteiger partial charge in [-0.2, -0.15) is 0 Å². The fraction of sp³-hybridized carbons (Fsp3) is 0.625. The summed E-state index contributed by atoms with van der Waals surface area (Å²) in [5.41, 5.74) is 1.10. The molecule has 4 heteroatoms. The summed E-state index contributed by atoms with van der Waals surface area (Å²) in [5.74, 6) is 0. The molecule has 12 heavy (non-hydrogen) atoms. The Kier molecular flexibility index (Phi) is 4.21. The lowest BCUT2D eigenvalue weighted by Gasteiger charge is -1.99. The highest BCUT2D eigenvalue weighted by atomic mass is 32.1. The van der Waals surface area contributed by atoms with Gasteiger partial charge in [-0.15, -0.1) is 11.3 Å². The van der Waals surface area contributed by atoms with Gasteiger partial charge >= 0.3 is 0 Å². The fourth-order valence-electron chi connectivity index (χ4n) is 0.853. The Bertz CT molecular complexity index is 225. The second-order valence-corrected chi connectivity index (χ2v) is 3.49. The van der Waals surface area contributed by atoms with Gasteiger partial charge in [0.1, 0.15) is 5.01 Å². The lowest BCUT2D eigenvalue weighted by molar-refractivity contribution is 0.199. The average molecular weight is 186 g/mol. The second kappa shape index (κ2) is 5.24. The van der Waals surface area contributed by atoms with Crippen molar-refractivity contribution in [3.8, 4) is 0 Å². The van der Waals surface area contributed by atoms with Crippen molar-refractivity contribution in [3.63, 3.8) is 0 Å². The zero-order chi connectivity index (χ0) is 8.81. The summed E-state index contributed by atoms with van der Waals surface area (Å²) in [7, 11) is 1.70. The van der Waals surface area contributed by atoms with Crippen LogP contribution in [0.5, 0.6) is 0 Å². The first-order chi connectivity index (χ1) is 5.83. The number of nitrogens with one attached hydrogen (secondary N) is 1. The van der Waals surface area contributed by atoms with E-state index in [9.17, 15) is 0 Å². The van der Waals surface area contributed by atoms with Crippen molar-refractivity contribution in [2.45, 2.75) is 13.5 Å². The molecule has 0 radical (unpaired) electrons. The molecule has 0 amide bonds. The molecule has 0 unspecified atom stereocenters. The minimum Gasteiger partial charge on any atom is -0.383 e. The third kappa shape index (κ3) is 3.30. The van der Waals surface area contributed by atoms with E-state index < -0.39 is 0 Å². The van der Waals surface area contributed by atoms with E-state index in [4.69, 9.17) is 4.74 Å². The number of thiazole rings is 1. The van der Waals surface area contributed by atoms with Crippen LogP contribution in [-0.2, 0) is 11.3 Å². The summed E-state index contributed by atoms with van der Waals surface area (Å²) in [4.78, 5) is 4.32. The molecular weight excluding hydrogens is 172 g/mol. The second-order valence-electron chi connectivity index (χ2n) is 2.55. The van der Waals surface area contributed by atoms with Crippen LogP contribution in [0.2, 0.25) is 0 Å². The predicted octanol–water partition coefficient (Wildman–Crippen LogP) is 1.19. The van der Waals surface area contributed by atoms with E-state index in [1.54, 1.807) is 18.4 Å². The van der Waals surface area contributed by atoms with Crippen molar-refractivity contribution in [2.75, 3.05) is 20.3 Å². The van der Waals surface area contributed by atoms with E-state index >= 15 is 0 Å². The first kappa shape index (κ1) is 9.64. The molecule has 1 aromatic heterocycles. The summed E-state index contributed by atoms with van der Waals surface area (Å²) in [6, 6.07) is 0. The van der Waals surface area contributed by atoms with E-state index in [0.717, 1.165) is 30.4 Å². The average Bonchev–Trinajstić information content (AvgIpc) is 2.45. The van der Waals surface area contributed by atoms with E-state index in [1.165, 1.54) is 0 Å². The van der Waals surface area contributed by atoms with Gasteiger partial charge in [0, 0.05) is 31.3 Å². The zero-order valence-electron chi connectivity index (χ0n) is 7.46. The normalized spacial score (nSPS) is 10.5. The van der Waals surface area contributed by atoms with Crippen LogP contribution in [0.4, 0.5) is 0 Å². The zero-order valence-corrected chi connectivity index (χ0v) is 8.28. The van der Waals surface area contributed by atoms with Crippen LogP contribution >= 0.6 is 11.3 Å². The molecular formula is C8H14N2OS. The van der Waals surface area contributed by atoms with Crippen molar-refractivity contribution in [2.24, 2.45) is 0 Å². The summed E-state index contributed by atoms with van der Waals surface area (Å²) in [5, 5.41) is 6.44. The van der Waals surface area contributed by atoms with Crippen molar-refractivity contribution >= 4 is 11.3 Å². The molecule has 0 fully saturated rings. The molecule has 0 aliphatic carbocycles. The summed E-state index contributed by atoms with van der Waals surface area (Å²) in [6.45, 7) is 4.50. The molecule has 0 bridgehead atoms. The number of methoxy groups -OCH3 is 1. The van der Waals surface area contributed by atoms with E-state index in [1.807, 2.05) is 6.92 Å². The number of hydrogen-bond donors (Lipinski definition) is 1. The Labute approximate surface area is 76.8 Å². The maximum absolute atomic E-state index is 4.91. The monoisotopic (exact) mass is 186 g/mol. The van der Waals surface area contributed by atoms with Crippen molar-refractivity contribution in [1.82, 2.24) is 10.3 Å². The van der Waals surface area contributed by atoms with Crippen molar-refractivity contribution in [1.29, 1.82) is 0 Å². The van der Waals surface area contributed by atoms with Gasteiger partial charge < -0.3 is 10.1 Å². The highest BCUT2D eigenvalue weighted by Crippen LogP contribution is 2.07. The van der Waals surface area contributed by atoms with Crippen LogP contribution in [0.1, 0.15) is 10.7 Å². The van der Waals surface area contributed by atoms with Gasteiger partial charge in [0.15, 0.2) is 0 Å². The quantitative estimate of drug-likeness (QED) is 0.701. The molecule has 0 saturated carbocycles. The van der Waals surface area contributed by atoms with Gasteiger partial charge in [-0.05, 0) is 6.92 Å². The van der Waals surface area contributed by atoms with E-state index in [0.29, 0.717) is 0 Å². The SMILES string of the molecule is COCCNCc1nc(C)cs1. The Balaban J connectivity index is 2.15. The Morgan fingerprint density at radius 3 is 3.08 bits per heavy atom. The first-order valence-electron chi connectivity index (χ1n) is 3.93. The van der Waals surface area contributed by atoms with E-state index in [2.05, 4.69) is 15.7 Å². The summed E-state index contributed by atoms with van der Waals surface area (Å²) in [6.07, 6.45) is 0. The van der Waals surface area contributed by atoms with Crippen LogP contribution in [0, 0.1) is 6.92 Å². The Morgan fingerprint density at radius 1 is 1.67 bits per heavy atom. The third-order valence-corrected chi connectivity index (χ3v) is 2.39. The molecule has 3 nitrogen and oxygen atoms in total. The van der Waals surface area contributed by atoms with Gasteiger partial charge in [0.05, 0.1) is 6.61 Å². The molecule has 0 aliphatic heterocycles. The van der Waals surface area contributed by atoms with Gasteiger partial charge in [-0.3, -0.25) is 0 Å². The number of aromatic nitrogens is 1.